The van der Waals surface area contributed by atoms with Crippen molar-refractivity contribution in [1.82, 2.24) is 4.98 Å². The maximum atomic E-state index is 5.47. The van der Waals surface area contributed by atoms with Crippen molar-refractivity contribution in [3.63, 3.8) is 0 Å². The zero-order chi connectivity index (χ0) is 7.90. The van der Waals surface area contributed by atoms with Crippen LogP contribution in [0.25, 0.3) is 0 Å². The minimum atomic E-state index is 0.463. The molecule has 1 aromatic heterocycles. The van der Waals surface area contributed by atoms with Gasteiger partial charge in [0.1, 0.15) is 5.01 Å². The number of thiazole rings is 1. The second-order valence-corrected chi connectivity index (χ2v) is 4.50. The lowest BCUT2D eigenvalue weighted by molar-refractivity contribution is 0.805. The van der Waals surface area contributed by atoms with Crippen molar-refractivity contribution >= 4 is 11.3 Å². The molecule has 0 bridgehead atoms. The first-order chi connectivity index (χ1) is 5.24. The highest BCUT2D eigenvalue weighted by Gasteiger charge is 2.40. The van der Waals surface area contributed by atoms with Crippen molar-refractivity contribution in [2.24, 2.45) is 5.73 Å². The number of aromatic nitrogens is 1. The summed E-state index contributed by atoms with van der Waals surface area (Å²) >= 11 is 1.77. The third-order valence-electron chi connectivity index (χ3n) is 2.32. The maximum Gasteiger partial charge on any atom is 0.106 e. The van der Waals surface area contributed by atoms with Crippen LogP contribution in [0, 0.1) is 0 Å². The molecule has 11 heavy (non-hydrogen) atoms. The number of nitrogens with zero attached hydrogens (tertiary/aromatic N) is 1. The Bertz CT molecular complexity index is 263. The molecule has 0 saturated heterocycles. The van der Waals surface area contributed by atoms with E-state index in [-0.39, 0.29) is 0 Å². The van der Waals surface area contributed by atoms with Crippen molar-refractivity contribution < 1.29 is 0 Å². The average Bonchev–Trinajstić information content (AvgIpc) is 2.61. The lowest BCUT2D eigenvalue weighted by Crippen LogP contribution is -1.94. The van der Waals surface area contributed by atoms with E-state index in [0.717, 1.165) is 5.01 Å². The molecule has 0 amide bonds. The molecule has 0 aromatic carbocycles. The van der Waals surface area contributed by atoms with Crippen LogP contribution in [-0.4, -0.2) is 4.98 Å². The topological polar surface area (TPSA) is 38.9 Å². The van der Waals surface area contributed by atoms with E-state index in [1.54, 1.807) is 11.3 Å². The second-order valence-electron chi connectivity index (χ2n) is 3.38. The van der Waals surface area contributed by atoms with Crippen molar-refractivity contribution in [2.45, 2.75) is 31.7 Å². The predicted molar refractivity (Wildman–Crippen MR) is 46.6 cm³/mol. The molecule has 1 saturated carbocycles. The molecule has 1 heterocycles. The summed E-state index contributed by atoms with van der Waals surface area (Å²) in [7, 11) is 0. The van der Waals surface area contributed by atoms with Gasteiger partial charge < -0.3 is 5.73 Å². The van der Waals surface area contributed by atoms with Crippen molar-refractivity contribution in [2.75, 3.05) is 0 Å². The number of hydrogen-bond donors (Lipinski definition) is 1. The maximum absolute atomic E-state index is 5.47. The molecule has 1 fully saturated rings. The average molecular weight is 168 g/mol. The second kappa shape index (κ2) is 2.29. The molecule has 2 rings (SSSR count). The van der Waals surface area contributed by atoms with Crippen LogP contribution in [0.3, 0.4) is 0 Å². The Kier molecular flexibility index (Phi) is 1.51. The van der Waals surface area contributed by atoms with E-state index in [9.17, 15) is 0 Å². The van der Waals surface area contributed by atoms with Gasteiger partial charge in [0.05, 0.1) is 0 Å². The van der Waals surface area contributed by atoms with Gasteiger partial charge in [-0.25, -0.2) is 4.98 Å². The van der Waals surface area contributed by atoms with E-state index in [1.807, 2.05) is 6.20 Å². The van der Waals surface area contributed by atoms with Crippen LogP contribution in [-0.2, 0) is 12.0 Å². The smallest absolute Gasteiger partial charge is 0.106 e. The number of hydrogen-bond acceptors (Lipinski definition) is 3. The van der Waals surface area contributed by atoms with Gasteiger partial charge >= 0.3 is 0 Å². The summed E-state index contributed by atoms with van der Waals surface area (Å²) in [4.78, 5) is 5.65. The fourth-order valence-corrected chi connectivity index (χ4v) is 2.12. The largest absolute Gasteiger partial charge is 0.325 e. The van der Waals surface area contributed by atoms with Gasteiger partial charge in [0.15, 0.2) is 0 Å². The van der Waals surface area contributed by atoms with E-state index in [0.29, 0.717) is 12.0 Å². The first-order valence-corrected chi connectivity index (χ1v) is 4.71. The first kappa shape index (κ1) is 7.25. The molecule has 0 atom stereocenters. The molecule has 1 aliphatic carbocycles. The SMILES string of the molecule is CC1(c2cnc(CN)s2)CC1. The van der Waals surface area contributed by atoms with E-state index in [1.165, 1.54) is 17.7 Å². The fraction of sp³-hybridized carbons (Fsp3) is 0.625. The van der Waals surface area contributed by atoms with Crippen molar-refractivity contribution in [3.05, 3.63) is 16.1 Å². The lowest BCUT2D eigenvalue weighted by Gasteiger charge is -2.00. The molecule has 0 spiro atoms. The molecule has 2 N–H and O–H groups in total. The first-order valence-electron chi connectivity index (χ1n) is 3.90. The van der Waals surface area contributed by atoms with Gasteiger partial charge in [-0.2, -0.15) is 0 Å². The normalized spacial score (nSPS) is 20.2. The van der Waals surface area contributed by atoms with Gasteiger partial charge in [-0.05, 0) is 12.8 Å². The molecule has 60 valence electrons. The number of rotatable bonds is 2. The molecule has 1 aromatic rings. The zero-order valence-electron chi connectivity index (χ0n) is 6.63. The molecule has 0 radical (unpaired) electrons. The Balaban J connectivity index is 2.25. The third-order valence-corrected chi connectivity index (χ3v) is 3.65. The standard InChI is InChI=1S/C8H12N2S/c1-8(2-3-8)6-5-10-7(4-9)11-6/h5H,2-4,9H2,1H3. The van der Waals surface area contributed by atoms with Crippen LogP contribution in [0.4, 0.5) is 0 Å². The Morgan fingerprint density at radius 3 is 2.91 bits per heavy atom. The molecular formula is C8H12N2S. The highest BCUT2D eigenvalue weighted by atomic mass is 32.1. The summed E-state index contributed by atoms with van der Waals surface area (Å²) in [5, 5.41) is 1.06. The summed E-state index contributed by atoms with van der Waals surface area (Å²) in [5.74, 6) is 0. The summed E-state index contributed by atoms with van der Waals surface area (Å²) in [6, 6.07) is 0. The van der Waals surface area contributed by atoms with Gasteiger partial charge in [0, 0.05) is 23.0 Å². The van der Waals surface area contributed by atoms with E-state index in [4.69, 9.17) is 5.73 Å². The van der Waals surface area contributed by atoms with Gasteiger partial charge in [-0.3, -0.25) is 0 Å². The molecule has 3 heteroatoms. The van der Waals surface area contributed by atoms with Crippen LogP contribution < -0.4 is 5.73 Å². The van der Waals surface area contributed by atoms with E-state index >= 15 is 0 Å². The monoisotopic (exact) mass is 168 g/mol. The highest BCUT2D eigenvalue weighted by Crippen LogP contribution is 2.49. The van der Waals surface area contributed by atoms with Crippen molar-refractivity contribution in [3.8, 4) is 0 Å². The summed E-state index contributed by atoms with van der Waals surface area (Å²) in [5.41, 5.74) is 5.94. The van der Waals surface area contributed by atoms with Gasteiger partial charge in [-0.15, -0.1) is 11.3 Å². The quantitative estimate of drug-likeness (QED) is 0.729. The van der Waals surface area contributed by atoms with E-state index < -0.39 is 0 Å². The van der Waals surface area contributed by atoms with Crippen LogP contribution in [0.5, 0.6) is 0 Å². The molecular weight excluding hydrogens is 156 g/mol. The number of nitrogens with two attached hydrogens (primary N) is 1. The molecule has 1 aliphatic rings. The van der Waals surface area contributed by atoms with Crippen molar-refractivity contribution in [1.29, 1.82) is 0 Å². The summed E-state index contributed by atoms with van der Waals surface area (Å²) in [6.45, 7) is 2.88. The van der Waals surface area contributed by atoms with Gasteiger partial charge in [-0.1, -0.05) is 6.92 Å². The molecule has 0 aliphatic heterocycles. The molecule has 0 unspecified atom stereocenters. The minimum Gasteiger partial charge on any atom is -0.325 e. The Labute approximate surface area is 70.5 Å². The fourth-order valence-electron chi connectivity index (χ4n) is 1.12. The zero-order valence-corrected chi connectivity index (χ0v) is 7.45. The van der Waals surface area contributed by atoms with E-state index in [2.05, 4.69) is 11.9 Å². The summed E-state index contributed by atoms with van der Waals surface area (Å²) in [6.07, 6.45) is 4.62. The predicted octanol–water partition coefficient (Wildman–Crippen LogP) is 1.65. The Morgan fingerprint density at radius 1 is 1.73 bits per heavy atom. The Morgan fingerprint density at radius 2 is 2.45 bits per heavy atom. The van der Waals surface area contributed by atoms with Crippen LogP contribution in [0.2, 0.25) is 0 Å². The van der Waals surface area contributed by atoms with Crippen LogP contribution in [0.1, 0.15) is 29.7 Å². The Hall–Kier alpha value is -0.410. The highest BCUT2D eigenvalue weighted by molar-refractivity contribution is 7.11. The lowest BCUT2D eigenvalue weighted by atomic mass is 10.1. The minimum absolute atomic E-state index is 0.463. The van der Waals surface area contributed by atoms with Crippen LogP contribution >= 0.6 is 11.3 Å². The van der Waals surface area contributed by atoms with Crippen LogP contribution in [0.15, 0.2) is 6.20 Å². The van der Waals surface area contributed by atoms with Gasteiger partial charge in [0.25, 0.3) is 0 Å². The summed E-state index contributed by atoms with van der Waals surface area (Å²) < 4.78 is 0. The van der Waals surface area contributed by atoms with Gasteiger partial charge in [0.2, 0.25) is 0 Å². The molecule has 2 nitrogen and oxygen atoms in total. The third kappa shape index (κ3) is 1.19.